The zero-order chi connectivity index (χ0) is 27.3. The summed E-state index contributed by atoms with van der Waals surface area (Å²) in [5, 5.41) is 0.363. The third-order valence-electron chi connectivity index (χ3n) is 6.13. The van der Waals surface area contributed by atoms with E-state index in [1.807, 2.05) is 6.07 Å². The van der Waals surface area contributed by atoms with Gasteiger partial charge in [-0.25, -0.2) is 21.8 Å². The van der Waals surface area contributed by atoms with Crippen LogP contribution in [0.1, 0.15) is 44.7 Å². The highest BCUT2D eigenvalue weighted by Crippen LogP contribution is 2.33. The molecule has 1 fully saturated rings. The Morgan fingerprint density at radius 2 is 1.66 bits per heavy atom. The van der Waals surface area contributed by atoms with Crippen molar-refractivity contribution in [2.75, 3.05) is 17.8 Å². The summed E-state index contributed by atoms with van der Waals surface area (Å²) in [7, 11) is -7.46. The first-order valence-corrected chi connectivity index (χ1v) is 16.9. The second-order valence-corrected chi connectivity index (χ2v) is 14.5. The smallest absolute Gasteiger partial charge is 0.263 e. The van der Waals surface area contributed by atoms with E-state index in [0.29, 0.717) is 29.4 Å². The minimum Gasteiger partial charge on any atom is -0.263 e. The molecule has 0 amide bonds. The van der Waals surface area contributed by atoms with Crippen molar-refractivity contribution in [2.24, 2.45) is 0 Å². The van der Waals surface area contributed by atoms with E-state index in [9.17, 15) is 16.8 Å². The number of anilines is 1. The highest BCUT2D eigenvalue weighted by Gasteiger charge is 2.26. The molecule has 0 saturated carbocycles. The lowest BCUT2D eigenvalue weighted by atomic mass is 10.2. The second-order valence-electron chi connectivity index (χ2n) is 8.96. The first-order chi connectivity index (χ1) is 18.1. The van der Waals surface area contributed by atoms with E-state index < -0.39 is 20.0 Å². The first kappa shape index (κ1) is 29.2. The second kappa shape index (κ2) is 12.6. The van der Waals surface area contributed by atoms with Crippen molar-refractivity contribution in [1.82, 2.24) is 9.29 Å². The van der Waals surface area contributed by atoms with Crippen LogP contribution in [0.2, 0.25) is 10.0 Å². The van der Waals surface area contributed by atoms with Crippen LogP contribution in [0.5, 0.6) is 0 Å². The average Bonchev–Trinajstić information content (AvgIpc) is 2.89. The van der Waals surface area contributed by atoms with Gasteiger partial charge in [0.15, 0.2) is 0 Å². The van der Waals surface area contributed by atoms with Crippen molar-refractivity contribution in [3.63, 3.8) is 0 Å². The fourth-order valence-electron chi connectivity index (χ4n) is 4.11. The third-order valence-corrected chi connectivity index (χ3v) is 11.2. The highest BCUT2D eigenvalue weighted by molar-refractivity contribution is 7.99. The summed E-state index contributed by atoms with van der Waals surface area (Å²) in [4.78, 5) is 6.54. The molecule has 0 unspecified atom stereocenters. The molecule has 12 heteroatoms. The summed E-state index contributed by atoms with van der Waals surface area (Å²) in [6.07, 6.45) is 5.33. The first-order valence-electron chi connectivity index (χ1n) is 12.4. The van der Waals surface area contributed by atoms with E-state index in [1.165, 1.54) is 30.0 Å². The maximum Gasteiger partial charge on any atom is 0.264 e. The molecule has 1 saturated heterocycles. The van der Waals surface area contributed by atoms with Crippen molar-refractivity contribution >= 4 is 60.8 Å². The summed E-state index contributed by atoms with van der Waals surface area (Å²) in [6, 6.07) is 14.5. The number of nitrogens with zero attached hydrogens (tertiary/aromatic N) is 2. The van der Waals surface area contributed by atoms with Gasteiger partial charge in [0.25, 0.3) is 10.0 Å². The van der Waals surface area contributed by atoms with Gasteiger partial charge in [-0.15, -0.1) is 0 Å². The number of aromatic nitrogens is 1. The SMILES string of the molecule is CCCCc1nc(NS(=O)(=O)c2ccc(Cl)cc2Cl)ccc1Sc1ccc(S(=O)(=O)N2CCCCC2)cc1. The van der Waals surface area contributed by atoms with Gasteiger partial charge in [-0.3, -0.25) is 4.72 Å². The van der Waals surface area contributed by atoms with E-state index in [1.54, 1.807) is 34.6 Å². The lowest BCUT2D eigenvalue weighted by Crippen LogP contribution is -2.35. The van der Waals surface area contributed by atoms with Gasteiger partial charge in [-0.2, -0.15) is 4.31 Å². The summed E-state index contributed by atoms with van der Waals surface area (Å²) in [6.45, 7) is 3.20. The van der Waals surface area contributed by atoms with Crippen molar-refractivity contribution in [3.05, 3.63) is 70.3 Å². The molecule has 3 aromatic rings. The van der Waals surface area contributed by atoms with Gasteiger partial charge in [0.2, 0.25) is 10.0 Å². The van der Waals surface area contributed by atoms with Crippen molar-refractivity contribution in [1.29, 1.82) is 0 Å². The Kier molecular flexibility index (Phi) is 9.65. The van der Waals surface area contributed by atoms with Gasteiger partial charge in [-0.1, -0.05) is 54.7 Å². The number of nitrogens with one attached hydrogen (secondary N) is 1. The number of sulfonamides is 2. The molecule has 1 aliphatic rings. The quantitative estimate of drug-likeness (QED) is 0.268. The minimum atomic E-state index is -3.97. The number of aryl methyl sites for hydroxylation is 1. The Morgan fingerprint density at radius 3 is 2.32 bits per heavy atom. The Hall–Kier alpha value is -1.82. The number of hydrogen-bond acceptors (Lipinski definition) is 6. The number of rotatable bonds is 10. The lowest BCUT2D eigenvalue weighted by molar-refractivity contribution is 0.346. The largest absolute Gasteiger partial charge is 0.264 e. The van der Waals surface area contributed by atoms with Crippen LogP contribution < -0.4 is 4.72 Å². The van der Waals surface area contributed by atoms with Gasteiger partial charge < -0.3 is 0 Å². The molecule has 204 valence electrons. The van der Waals surface area contributed by atoms with Crippen LogP contribution in [0.25, 0.3) is 0 Å². The molecule has 2 aromatic carbocycles. The van der Waals surface area contributed by atoms with Crippen LogP contribution in [-0.2, 0) is 26.5 Å². The maximum absolute atomic E-state index is 13.0. The predicted molar refractivity (Wildman–Crippen MR) is 153 cm³/mol. The van der Waals surface area contributed by atoms with E-state index in [4.69, 9.17) is 23.2 Å². The fraction of sp³-hybridized carbons (Fsp3) is 0.346. The molecule has 0 spiro atoms. The average molecular weight is 615 g/mol. The van der Waals surface area contributed by atoms with Gasteiger partial charge in [0.1, 0.15) is 10.7 Å². The molecule has 0 atom stereocenters. The molecular weight excluding hydrogens is 585 g/mol. The number of unbranched alkanes of at least 4 members (excludes halogenated alkanes) is 1. The maximum atomic E-state index is 13.0. The molecule has 4 rings (SSSR count). The normalized spacial score (nSPS) is 14.9. The van der Waals surface area contributed by atoms with Gasteiger partial charge in [0, 0.05) is 27.9 Å². The zero-order valence-corrected chi connectivity index (χ0v) is 24.8. The van der Waals surface area contributed by atoms with Crippen molar-refractivity contribution < 1.29 is 16.8 Å². The van der Waals surface area contributed by atoms with Gasteiger partial charge in [0.05, 0.1) is 15.6 Å². The summed E-state index contributed by atoms with van der Waals surface area (Å²) < 4.78 is 55.8. The minimum absolute atomic E-state index is 0.0223. The van der Waals surface area contributed by atoms with E-state index in [-0.39, 0.29) is 15.7 Å². The van der Waals surface area contributed by atoms with Crippen LogP contribution in [0.4, 0.5) is 5.82 Å². The molecule has 1 aromatic heterocycles. The van der Waals surface area contributed by atoms with Gasteiger partial charge in [-0.05, 0) is 80.3 Å². The summed E-state index contributed by atoms with van der Waals surface area (Å²) in [5.74, 6) is 0.189. The molecule has 38 heavy (non-hydrogen) atoms. The molecule has 0 aliphatic carbocycles. The number of halogens is 2. The molecular formula is C26H29Cl2N3O4S3. The molecule has 0 radical (unpaired) electrons. The molecule has 0 bridgehead atoms. The van der Waals surface area contributed by atoms with Crippen molar-refractivity contribution in [3.8, 4) is 0 Å². The lowest BCUT2D eigenvalue weighted by Gasteiger charge is -2.25. The fourth-order valence-corrected chi connectivity index (χ4v) is 8.33. The van der Waals surface area contributed by atoms with Crippen LogP contribution in [0.3, 0.4) is 0 Å². The summed E-state index contributed by atoms with van der Waals surface area (Å²) in [5.41, 5.74) is 0.754. The topological polar surface area (TPSA) is 96.4 Å². The molecule has 1 aliphatic heterocycles. The third kappa shape index (κ3) is 7.03. The van der Waals surface area contributed by atoms with Crippen LogP contribution in [0.15, 0.2) is 74.2 Å². The number of hydrogen-bond donors (Lipinski definition) is 1. The van der Waals surface area contributed by atoms with Crippen LogP contribution in [-0.4, -0.2) is 39.2 Å². The number of benzene rings is 2. The molecule has 1 N–H and O–H groups in total. The highest BCUT2D eigenvalue weighted by atomic mass is 35.5. The van der Waals surface area contributed by atoms with E-state index in [2.05, 4.69) is 16.6 Å². The molecule has 2 heterocycles. The Morgan fingerprint density at radius 1 is 0.947 bits per heavy atom. The zero-order valence-electron chi connectivity index (χ0n) is 20.9. The van der Waals surface area contributed by atoms with E-state index >= 15 is 0 Å². The number of piperidine rings is 1. The van der Waals surface area contributed by atoms with Crippen LogP contribution >= 0.6 is 35.0 Å². The monoisotopic (exact) mass is 613 g/mol. The summed E-state index contributed by atoms with van der Waals surface area (Å²) >= 11 is 13.5. The predicted octanol–water partition coefficient (Wildman–Crippen LogP) is 6.86. The Balaban J connectivity index is 1.54. The Bertz CT molecular complexity index is 1490. The van der Waals surface area contributed by atoms with Crippen molar-refractivity contribution in [2.45, 2.75) is 65.0 Å². The van der Waals surface area contributed by atoms with Crippen LogP contribution in [0, 0.1) is 0 Å². The molecule has 7 nitrogen and oxygen atoms in total. The Labute approximate surface area is 239 Å². The van der Waals surface area contributed by atoms with E-state index in [0.717, 1.165) is 47.6 Å². The number of pyridine rings is 1. The van der Waals surface area contributed by atoms with Gasteiger partial charge >= 0.3 is 0 Å². The standard InChI is InChI=1S/C26H29Cl2N3O4S3/c1-2-3-7-23-24(13-15-26(29-23)30-37(32,33)25-14-8-19(27)18-22(25)28)36-20-9-11-21(12-10-20)38(34,35)31-16-5-4-6-17-31/h8-15,18H,2-7,16-17H2,1H3,(H,29,30).